The first kappa shape index (κ1) is 13.3. The predicted molar refractivity (Wildman–Crippen MR) is 68.6 cm³/mol. The predicted octanol–water partition coefficient (Wildman–Crippen LogP) is 2.53. The van der Waals surface area contributed by atoms with Gasteiger partial charge in [0.05, 0.1) is 6.10 Å². The molecule has 1 aliphatic rings. The fourth-order valence-electron chi connectivity index (χ4n) is 1.72. The van der Waals surface area contributed by atoms with E-state index in [0.29, 0.717) is 6.10 Å². The molecule has 1 saturated carbocycles. The van der Waals surface area contributed by atoms with Gasteiger partial charge in [-0.25, -0.2) is 0 Å². The lowest BCUT2D eigenvalue weighted by Crippen LogP contribution is -2.46. The van der Waals surface area contributed by atoms with Crippen LogP contribution in [0.2, 0.25) is 0 Å². The Hall–Kier alpha value is 0.270. The third kappa shape index (κ3) is 5.79. The molecule has 1 aliphatic carbocycles. The molecule has 0 aromatic heterocycles. The van der Waals surface area contributed by atoms with Crippen molar-refractivity contribution in [2.24, 2.45) is 5.92 Å². The molecular formula is C12H25NOS. The summed E-state index contributed by atoms with van der Waals surface area (Å²) in [6, 6.07) is 0.720. The minimum atomic E-state index is 0.538. The molecule has 90 valence electrons. The normalized spacial score (nSPS) is 25.6. The molecule has 0 aliphatic heterocycles. The molecule has 2 nitrogen and oxygen atoms in total. The SMILES string of the molecule is CSCCCO[C@H]1C[C@H](NCC(C)C)C1. The van der Waals surface area contributed by atoms with E-state index < -0.39 is 0 Å². The average molecular weight is 231 g/mol. The van der Waals surface area contributed by atoms with Gasteiger partial charge in [0.25, 0.3) is 0 Å². The molecule has 0 bridgehead atoms. The van der Waals surface area contributed by atoms with Gasteiger partial charge >= 0.3 is 0 Å². The second kappa shape index (κ2) is 7.53. The molecule has 0 unspecified atom stereocenters. The van der Waals surface area contributed by atoms with E-state index in [-0.39, 0.29) is 0 Å². The Balaban J connectivity index is 1.87. The first-order valence-electron chi connectivity index (χ1n) is 6.06. The summed E-state index contributed by atoms with van der Waals surface area (Å²) < 4.78 is 5.76. The monoisotopic (exact) mass is 231 g/mol. The molecule has 0 aromatic carbocycles. The summed E-state index contributed by atoms with van der Waals surface area (Å²) in [6.45, 7) is 6.59. The first-order chi connectivity index (χ1) is 7.22. The molecule has 0 amide bonds. The quantitative estimate of drug-likeness (QED) is 0.649. The summed E-state index contributed by atoms with van der Waals surface area (Å²) >= 11 is 1.90. The van der Waals surface area contributed by atoms with Gasteiger partial charge in [0.15, 0.2) is 0 Å². The van der Waals surface area contributed by atoms with Gasteiger partial charge in [0.2, 0.25) is 0 Å². The Labute approximate surface area is 98.5 Å². The minimum Gasteiger partial charge on any atom is -0.378 e. The van der Waals surface area contributed by atoms with Crippen molar-refractivity contribution in [1.29, 1.82) is 0 Å². The molecule has 1 fully saturated rings. The molecule has 1 rings (SSSR count). The number of ether oxygens (including phenoxy) is 1. The highest BCUT2D eigenvalue weighted by molar-refractivity contribution is 7.98. The van der Waals surface area contributed by atoms with Crippen LogP contribution in [0, 0.1) is 5.92 Å². The van der Waals surface area contributed by atoms with Crippen LogP contribution in [0.5, 0.6) is 0 Å². The zero-order valence-corrected chi connectivity index (χ0v) is 11.1. The summed E-state index contributed by atoms with van der Waals surface area (Å²) in [5.41, 5.74) is 0. The molecule has 15 heavy (non-hydrogen) atoms. The maximum atomic E-state index is 5.76. The molecule has 1 N–H and O–H groups in total. The van der Waals surface area contributed by atoms with Crippen LogP contribution >= 0.6 is 11.8 Å². The van der Waals surface area contributed by atoms with E-state index in [2.05, 4.69) is 25.4 Å². The van der Waals surface area contributed by atoms with E-state index in [4.69, 9.17) is 4.74 Å². The van der Waals surface area contributed by atoms with Crippen LogP contribution in [0.4, 0.5) is 0 Å². The lowest BCUT2D eigenvalue weighted by atomic mass is 9.89. The Kier molecular flexibility index (Phi) is 6.69. The summed E-state index contributed by atoms with van der Waals surface area (Å²) in [5, 5.41) is 3.57. The molecule has 0 aromatic rings. The molecule has 0 saturated heterocycles. The van der Waals surface area contributed by atoms with Crippen molar-refractivity contribution >= 4 is 11.8 Å². The first-order valence-corrected chi connectivity index (χ1v) is 7.45. The lowest BCUT2D eigenvalue weighted by Gasteiger charge is -2.36. The van der Waals surface area contributed by atoms with Crippen LogP contribution < -0.4 is 5.32 Å². The summed E-state index contributed by atoms with van der Waals surface area (Å²) in [6.07, 6.45) is 6.31. The van der Waals surface area contributed by atoms with Crippen molar-refractivity contribution in [3.05, 3.63) is 0 Å². The maximum Gasteiger partial charge on any atom is 0.0604 e. The van der Waals surface area contributed by atoms with Gasteiger partial charge in [-0.05, 0) is 43.7 Å². The van der Waals surface area contributed by atoms with Gasteiger partial charge in [-0.3, -0.25) is 0 Å². The van der Waals surface area contributed by atoms with Gasteiger partial charge in [-0.2, -0.15) is 11.8 Å². The van der Waals surface area contributed by atoms with Crippen molar-refractivity contribution in [3.8, 4) is 0 Å². The Bertz CT molecular complexity index is 158. The average Bonchev–Trinajstić information content (AvgIpc) is 2.13. The molecule has 0 atom stereocenters. The van der Waals surface area contributed by atoms with E-state index in [1.54, 1.807) is 0 Å². The van der Waals surface area contributed by atoms with E-state index in [0.717, 1.165) is 25.1 Å². The zero-order chi connectivity index (χ0) is 11.1. The maximum absolute atomic E-state index is 5.76. The van der Waals surface area contributed by atoms with Crippen molar-refractivity contribution in [1.82, 2.24) is 5.32 Å². The Morgan fingerprint density at radius 3 is 2.73 bits per heavy atom. The van der Waals surface area contributed by atoms with Crippen LogP contribution in [0.1, 0.15) is 33.1 Å². The van der Waals surface area contributed by atoms with Crippen LogP contribution in [0.15, 0.2) is 0 Å². The molecule has 3 heteroatoms. The highest BCUT2D eigenvalue weighted by Gasteiger charge is 2.29. The molecule has 0 heterocycles. The number of rotatable bonds is 8. The second-order valence-electron chi connectivity index (χ2n) is 4.81. The van der Waals surface area contributed by atoms with Gasteiger partial charge in [-0.1, -0.05) is 13.8 Å². The number of thioether (sulfide) groups is 1. The number of nitrogens with one attached hydrogen (secondary N) is 1. The molecular weight excluding hydrogens is 206 g/mol. The highest BCUT2D eigenvalue weighted by atomic mass is 32.2. The number of hydrogen-bond acceptors (Lipinski definition) is 3. The van der Waals surface area contributed by atoms with Crippen molar-refractivity contribution in [3.63, 3.8) is 0 Å². The largest absolute Gasteiger partial charge is 0.378 e. The second-order valence-corrected chi connectivity index (χ2v) is 5.80. The van der Waals surface area contributed by atoms with Gasteiger partial charge < -0.3 is 10.1 Å². The van der Waals surface area contributed by atoms with Gasteiger partial charge in [0, 0.05) is 12.6 Å². The van der Waals surface area contributed by atoms with Crippen LogP contribution in [-0.4, -0.2) is 37.3 Å². The lowest BCUT2D eigenvalue weighted by molar-refractivity contribution is -0.0161. The van der Waals surface area contributed by atoms with E-state index >= 15 is 0 Å². The van der Waals surface area contributed by atoms with Crippen molar-refractivity contribution in [2.75, 3.05) is 25.2 Å². The van der Waals surface area contributed by atoms with Crippen molar-refractivity contribution in [2.45, 2.75) is 45.3 Å². The standard InChI is InChI=1S/C12H25NOS/c1-10(2)9-13-11-7-12(8-11)14-5-4-6-15-3/h10-13H,4-9H2,1-3H3/t11-,12-. The van der Waals surface area contributed by atoms with Gasteiger partial charge in [0.1, 0.15) is 0 Å². The smallest absolute Gasteiger partial charge is 0.0604 e. The molecule has 0 spiro atoms. The zero-order valence-electron chi connectivity index (χ0n) is 10.3. The van der Waals surface area contributed by atoms with Crippen LogP contribution in [-0.2, 0) is 4.74 Å². The van der Waals surface area contributed by atoms with Crippen molar-refractivity contribution < 1.29 is 4.74 Å². The number of hydrogen-bond donors (Lipinski definition) is 1. The van der Waals surface area contributed by atoms with E-state index in [1.165, 1.54) is 25.0 Å². The molecule has 0 radical (unpaired) electrons. The van der Waals surface area contributed by atoms with Crippen LogP contribution in [0.25, 0.3) is 0 Å². The van der Waals surface area contributed by atoms with E-state index in [1.807, 2.05) is 11.8 Å². The summed E-state index contributed by atoms with van der Waals surface area (Å²) in [7, 11) is 0. The third-order valence-corrected chi connectivity index (χ3v) is 3.45. The Morgan fingerprint density at radius 1 is 1.40 bits per heavy atom. The van der Waals surface area contributed by atoms with E-state index in [9.17, 15) is 0 Å². The fraction of sp³-hybridized carbons (Fsp3) is 1.00. The topological polar surface area (TPSA) is 21.3 Å². The summed E-state index contributed by atoms with van der Waals surface area (Å²) in [5.74, 6) is 1.98. The Morgan fingerprint density at radius 2 is 2.13 bits per heavy atom. The third-order valence-electron chi connectivity index (χ3n) is 2.76. The minimum absolute atomic E-state index is 0.538. The summed E-state index contributed by atoms with van der Waals surface area (Å²) in [4.78, 5) is 0. The van der Waals surface area contributed by atoms with Gasteiger partial charge in [-0.15, -0.1) is 0 Å². The fourth-order valence-corrected chi connectivity index (χ4v) is 2.13. The van der Waals surface area contributed by atoms with Crippen LogP contribution in [0.3, 0.4) is 0 Å². The highest BCUT2D eigenvalue weighted by Crippen LogP contribution is 2.23.